The summed E-state index contributed by atoms with van der Waals surface area (Å²) in [6.07, 6.45) is 3.20. The van der Waals surface area contributed by atoms with Crippen LogP contribution >= 0.6 is 0 Å². The number of hydrogen-bond donors (Lipinski definition) is 1. The molecule has 1 amide bonds. The smallest absolute Gasteiger partial charge is 0.244 e. The summed E-state index contributed by atoms with van der Waals surface area (Å²) in [4.78, 5) is 13.8. The van der Waals surface area contributed by atoms with E-state index >= 15 is 0 Å². The van der Waals surface area contributed by atoms with E-state index in [9.17, 15) is 13.2 Å². The number of amides is 1. The van der Waals surface area contributed by atoms with E-state index in [1.807, 2.05) is 37.2 Å². The fraction of sp³-hybridized carbons (Fsp3) is 0.400. The van der Waals surface area contributed by atoms with Gasteiger partial charge in [-0.15, -0.1) is 0 Å². The largest absolute Gasteiger partial charge is 0.345 e. The standard InChI is InChI=1S/C15H20N2O3S/c1-17(2)9-5-8-15(18)16-14-11-21(19,20)10-12-6-3-4-7-13(12)14/h3-8,14H,9-11H2,1-2H3,(H,16,18)/b8-5+. The molecule has 0 saturated heterocycles. The second-order valence-electron chi connectivity index (χ2n) is 5.48. The molecule has 1 N–H and O–H groups in total. The molecule has 0 radical (unpaired) electrons. The van der Waals surface area contributed by atoms with Crippen LogP contribution in [0.3, 0.4) is 0 Å². The molecule has 0 fully saturated rings. The number of hydrogen-bond acceptors (Lipinski definition) is 4. The number of nitrogens with one attached hydrogen (secondary N) is 1. The molecule has 0 aliphatic carbocycles. The van der Waals surface area contributed by atoms with Crippen molar-refractivity contribution in [1.82, 2.24) is 10.2 Å². The average molecular weight is 308 g/mol. The van der Waals surface area contributed by atoms with E-state index in [1.54, 1.807) is 12.1 Å². The number of carbonyl (C=O) groups excluding carboxylic acids is 1. The van der Waals surface area contributed by atoms with Crippen molar-refractivity contribution in [3.05, 3.63) is 47.5 Å². The fourth-order valence-corrected chi connectivity index (χ4v) is 3.98. The second-order valence-corrected chi connectivity index (χ2v) is 7.59. The summed E-state index contributed by atoms with van der Waals surface area (Å²) in [5.74, 6) is -0.266. The summed E-state index contributed by atoms with van der Waals surface area (Å²) in [7, 11) is 0.646. The van der Waals surface area contributed by atoms with Gasteiger partial charge in [-0.3, -0.25) is 4.79 Å². The van der Waals surface area contributed by atoms with Gasteiger partial charge < -0.3 is 10.2 Å². The molecule has 6 heteroatoms. The van der Waals surface area contributed by atoms with Gasteiger partial charge in [0.2, 0.25) is 5.91 Å². The summed E-state index contributed by atoms with van der Waals surface area (Å²) in [5, 5.41) is 2.78. The van der Waals surface area contributed by atoms with Crippen LogP contribution in [0.15, 0.2) is 36.4 Å². The van der Waals surface area contributed by atoms with E-state index in [2.05, 4.69) is 5.32 Å². The molecule has 1 aliphatic heterocycles. The number of nitrogens with zero attached hydrogens (tertiary/aromatic N) is 1. The minimum Gasteiger partial charge on any atom is -0.345 e. The van der Waals surface area contributed by atoms with Crippen molar-refractivity contribution < 1.29 is 13.2 Å². The monoisotopic (exact) mass is 308 g/mol. The van der Waals surface area contributed by atoms with Crippen molar-refractivity contribution in [1.29, 1.82) is 0 Å². The maximum Gasteiger partial charge on any atom is 0.244 e. The van der Waals surface area contributed by atoms with Crippen molar-refractivity contribution in [2.45, 2.75) is 11.8 Å². The van der Waals surface area contributed by atoms with Crippen molar-refractivity contribution in [2.75, 3.05) is 26.4 Å². The SMILES string of the molecule is CN(C)C/C=C/C(=O)NC1CS(=O)(=O)Cc2ccccc21. The Morgan fingerprint density at radius 3 is 2.81 bits per heavy atom. The zero-order chi connectivity index (χ0) is 15.5. The first kappa shape index (κ1) is 15.7. The van der Waals surface area contributed by atoms with Crippen LogP contribution in [0.1, 0.15) is 17.2 Å². The van der Waals surface area contributed by atoms with Gasteiger partial charge in [0.1, 0.15) is 0 Å². The molecule has 0 spiro atoms. The molecule has 1 unspecified atom stereocenters. The Balaban J connectivity index is 2.13. The maximum atomic E-state index is 11.9. The first-order chi connectivity index (χ1) is 9.87. The lowest BCUT2D eigenvalue weighted by Crippen LogP contribution is -2.36. The van der Waals surface area contributed by atoms with Crippen LogP contribution in [0.5, 0.6) is 0 Å². The third-order valence-corrected chi connectivity index (χ3v) is 4.87. The lowest BCUT2D eigenvalue weighted by molar-refractivity contribution is -0.117. The van der Waals surface area contributed by atoms with Gasteiger partial charge in [-0.05, 0) is 25.2 Å². The maximum absolute atomic E-state index is 11.9. The number of carbonyl (C=O) groups is 1. The molecule has 2 rings (SSSR count). The van der Waals surface area contributed by atoms with Crippen molar-refractivity contribution in [3.63, 3.8) is 0 Å². The van der Waals surface area contributed by atoms with E-state index in [4.69, 9.17) is 0 Å². The highest BCUT2D eigenvalue weighted by atomic mass is 32.2. The third kappa shape index (κ3) is 4.41. The van der Waals surface area contributed by atoms with Crippen LogP contribution in [-0.2, 0) is 20.4 Å². The van der Waals surface area contributed by atoms with Crippen LogP contribution < -0.4 is 5.32 Å². The van der Waals surface area contributed by atoms with E-state index in [0.717, 1.165) is 11.1 Å². The Kier molecular flexibility index (Phi) is 4.80. The zero-order valence-corrected chi connectivity index (χ0v) is 13.1. The summed E-state index contributed by atoms with van der Waals surface area (Å²) >= 11 is 0. The first-order valence-electron chi connectivity index (χ1n) is 6.77. The van der Waals surface area contributed by atoms with Gasteiger partial charge in [0.15, 0.2) is 9.84 Å². The highest BCUT2D eigenvalue weighted by molar-refractivity contribution is 7.90. The number of rotatable bonds is 4. The quantitative estimate of drug-likeness (QED) is 0.839. The Morgan fingerprint density at radius 2 is 2.10 bits per heavy atom. The molecule has 1 aromatic rings. The molecule has 0 bridgehead atoms. The molecule has 5 nitrogen and oxygen atoms in total. The molecule has 1 aliphatic rings. The molecule has 114 valence electrons. The van der Waals surface area contributed by atoms with Crippen molar-refractivity contribution in [3.8, 4) is 0 Å². The number of likely N-dealkylation sites (N-methyl/N-ethyl adjacent to an activating group) is 1. The predicted molar refractivity (Wildman–Crippen MR) is 82.5 cm³/mol. The van der Waals surface area contributed by atoms with Crippen LogP contribution in [0.4, 0.5) is 0 Å². The summed E-state index contributed by atoms with van der Waals surface area (Å²) < 4.78 is 23.9. The average Bonchev–Trinajstić information content (AvgIpc) is 2.36. The van der Waals surface area contributed by atoms with Gasteiger partial charge in [-0.25, -0.2) is 8.42 Å². The molecular formula is C15H20N2O3S. The molecular weight excluding hydrogens is 288 g/mol. The van der Waals surface area contributed by atoms with Gasteiger partial charge >= 0.3 is 0 Å². The molecule has 1 aromatic carbocycles. The Hall–Kier alpha value is -1.66. The minimum absolute atomic E-state index is 0.0444. The summed E-state index contributed by atoms with van der Waals surface area (Å²) in [5.41, 5.74) is 1.66. The molecule has 1 heterocycles. The minimum atomic E-state index is -3.17. The van der Waals surface area contributed by atoms with Gasteiger partial charge in [0, 0.05) is 12.6 Å². The van der Waals surface area contributed by atoms with Gasteiger partial charge in [-0.2, -0.15) is 0 Å². The van der Waals surface area contributed by atoms with Crippen molar-refractivity contribution in [2.24, 2.45) is 0 Å². The van der Waals surface area contributed by atoms with E-state index in [0.29, 0.717) is 6.54 Å². The molecule has 0 saturated carbocycles. The van der Waals surface area contributed by atoms with Gasteiger partial charge in [0.05, 0.1) is 17.5 Å². The van der Waals surface area contributed by atoms with E-state index < -0.39 is 15.9 Å². The summed E-state index contributed by atoms with van der Waals surface area (Å²) in [6, 6.07) is 6.87. The van der Waals surface area contributed by atoms with Crippen molar-refractivity contribution >= 4 is 15.7 Å². The molecule has 0 aromatic heterocycles. The highest BCUT2D eigenvalue weighted by Crippen LogP contribution is 2.27. The Labute approximate surface area is 125 Å². The van der Waals surface area contributed by atoms with Crippen LogP contribution in [0.2, 0.25) is 0 Å². The van der Waals surface area contributed by atoms with Crippen LogP contribution in [0, 0.1) is 0 Å². The number of fused-ring (bicyclic) bond motifs is 1. The lowest BCUT2D eigenvalue weighted by Gasteiger charge is -2.25. The van der Waals surface area contributed by atoms with Gasteiger partial charge in [-0.1, -0.05) is 30.3 Å². The third-order valence-electron chi connectivity index (χ3n) is 3.28. The summed E-state index contributed by atoms with van der Waals surface area (Å²) in [6.45, 7) is 0.660. The normalized spacial score (nSPS) is 20.4. The second kappa shape index (κ2) is 6.41. The molecule has 21 heavy (non-hydrogen) atoms. The van der Waals surface area contributed by atoms with Crippen LogP contribution in [-0.4, -0.2) is 45.6 Å². The fourth-order valence-electron chi connectivity index (χ4n) is 2.35. The topological polar surface area (TPSA) is 66.5 Å². The first-order valence-corrected chi connectivity index (χ1v) is 8.59. The number of benzene rings is 1. The number of sulfone groups is 1. The van der Waals surface area contributed by atoms with Gasteiger partial charge in [0.25, 0.3) is 0 Å². The highest BCUT2D eigenvalue weighted by Gasteiger charge is 2.30. The lowest BCUT2D eigenvalue weighted by atomic mass is 10.0. The Bertz CT molecular complexity index is 651. The van der Waals surface area contributed by atoms with E-state index in [-0.39, 0.29) is 17.4 Å². The van der Waals surface area contributed by atoms with E-state index in [1.165, 1.54) is 6.08 Å². The zero-order valence-electron chi connectivity index (χ0n) is 12.2. The predicted octanol–water partition coefficient (Wildman–Crippen LogP) is 0.890. The molecule has 1 atom stereocenters. The van der Waals surface area contributed by atoms with Crippen LogP contribution in [0.25, 0.3) is 0 Å². The Morgan fingerprint density at radius 1 is 1.38 bits per heavy atom.